The number of aliphatic hydroxyl groups excluding tert-OH is 1. The minimum atomic E-state index is -4.33. The molecule has 57 heavy (non-hydrogen) atoms. The lowest BCUT2D eigenvalue weighted by Crippen LogP contribution is -2.52. The Kier molecular flexibility index (Phi) is 7.75. The first-order valence-electron chi connectivity index (χ1n) is 18.8. The number of benzene rings is 3. The van der Waals surface area contributed by atoms with Crippen LogP contribution in [-0.4, -0.2) is 61.6 Å². The summed E-state index contributed by atoms with van der Waals surface area (Å²) in [7, 11) is -3.14. The van der Waals surface area contributed by atoms with Gasteiger partial charge in [-0.1, -0.05) is 70.2 Å². The van der Waals surface area contributed by atoms with E-state index < -0.39 is 49.4 Å². The molecule has 1 spiro atoms. The number of hydrogen-bond donors (Lipinski definition) is 5. The van der Waals surface area contributed by atoms with E-state index in [9.17, 15) is 24.2 Å². The molecule has 7 heterocycles. The fraction of sp³-hybridized carbons (Fsp3) is 0.317. The maximum absolute atomic E-state index is 14.2. The molecule has 5 N–H and O–H groups in total. The average molecular weight is 791 g/mol. The molecule has 4 aliphatic rings. The van der Waals surface area contributed by atoms with Crippen molar-refractivity contribution in [3.8, 4) is 39.8 Å². The van der Waals surface area contributed by atoms with E-state index in [1.165, 1.54) is 17.6 Å². The predicted octanol–water partition coefficient (Wildman–Crippen LogP) is 5.88. The highest BCUT2D eigenvalue weighted by Gasteiger charge is 2.61. The summed E-state index contributed by atoms with van der Waals surface area (Å²) < 4.78 is 40.2. The fourth-order valence-corrected chi connectivity index (χ4v) is 9.67. The zero-order valence-electron chi connectivity index (χ0n) is 31.6. The van der Waals surface area contributed by atoms with Gasteiger partial charge in [-0.15, -0.1) is 0 Å². The second-order valence-electron chi connectivity index (χ2n) is 15.7. The van der Waals surface area contributed by atoms with Crippen LogP contribution < -0.4 is 20.7 Å². The molecule has 0 radical (unpaired) electrons. The molecule has 16 heteroatoms. The maximum atomic E-state index is 14.2. The van der Waals surface area contributed by atoms with Gasteiger partial charge in [0.2, 0.25) is 23.6 Å². The number of aromatic nitrogens is 3. The highest BCUT2D eigenvalue weighted by molar-refractivity contribution is 7.51. The van der Waals surface area contributed by atoms with Crippen LogP contribution in [0, 0.1) is 11.8 Å². The van der Waals surface area contributed by atoms with E-state index >= 15 is 0 Å². The van der Waals surface area contributed by atoms with E-state index in [0.717, 1.165) is 33.5 Å². The lowest BCUT2D eigenvalue weighted by Gasteiger charge is -2.29. The van der Waals surface area contributed by atoms with Gasteiger partial charge in [0.15, 0.2) is 23.4 Å². The average Bonchev–Trinajstić information content (AvgIpc) is 4.01. The standard InChI is InChI=1S/C41H39N6O9P/c1-18(2)31-39-45-33-35(56-39)41-24-10-6-9-22(21-8-7-11-27-30(21)23(29-16-42-38(33)54-29)17-47(27)57(51,52)53-5)32(24)46-40(41)55-28-13-12-20(14-25(28)41)15-26(36(49)44-31)43-37(50)34(48)19(3)4/h6-14,16-19,26,31,34,40,46,48H,15H2,1-5H3,(H,43,50)(H,44,49)(H,51,52)/t26-,31?,34-,40?,41?/m0/s1. The van der Waals surface area contributed by atoms with Crippen LogP contribution in [-0.2, 0) is 30.5 Å². The third-order valence-corrected chi connectivity index (χ3v) is 13.0. The van der Waals surface area contributed by atoms with Crippen LogP contribution in [0.5, 0.6) is 5.75 Å². The van der Waals surface area contributed by atoms with Crippen molar-refractivity contribution in [2.24, 2.45) is 11.8 Å². The number of fused-ring (bicyclic) bond motifs is 7. The van der Waals surface area contributed by atoms with Crippen LogP contribution in [0.25, 0.3) is 44.9 Å². The molecular formula is C41H39N6O9P. The summed E-state index contributed by atoms with van der Waals surface area (Å²) in [4.78, 5) is 48.3. The molecule has 10 rings (SSSR count). The van der Waals surface area contributed by atoms with Crippen molar-refractivity contribution in [3.63, 3.8) is 0 Å². The first-order chi connectivity index (χ1) is 27.3. The van der Waals surface area contributed by atoms with Crippen molar-refractivity contribution >= 4 is 36.2 Å². The van der Waals surface area contributed by atoms with E-state index in [1.807, 2.05) is 62.4 Å². The fourth-order valence-electron chi connectivity index (χ4n) is 8.79. The van der Waals surface area contributed by atoms with E-state index in [2.05, 4.69) is 16.0 Å². The Hall–Kier alpha value is -5.73. The molecule has 0 saturated heterocycles. The lowest BCUT2D eigenvalue weighted by atomic mass is 9.72. The molecule has 3 aromatic carbocycles. The molecule has 15 nitrogen and oxygen atoms in total. The number of nitrogens with one attached hydrogen (secondary N) is 3. The smallest absolute Gasteiger partial charge is 0.436 e. The van der Waals surface area contributed by atoms with Crippen molar-refractivity contribution < 1.29 is 42.2 Å². The Morgan fingerprint density at radius 3 is 2.61 bits per heavy atom. The van der Waals surface area contributed by atoms with Crippen LogP contribution in [0.3, 0.4) is 0 Å². The number of para-hydroxylation sites is 1. The van der Waals surface area contributed by atoms with Crippen LogP contribution in [0.15, 0.2) is 75.8 Å². The second kappa shape index (κ2) is 12.4. The van der Waals surface area contributed by atoms with E-state index in [0.29, 0.717) is 33.7 Å². The number of carbonyl (C=O) groups is 2. The maximum Gasteiger partial charge on any atom is 0.436 e. The summed E-state index contributed by atoms with van der Waals surface area (Å²) >= 11 is 0. The molecule has 292 valence electrons. The quantitative estimate of drug-likeness (QED) is 0.126. The number of oxazole rings is 2. The molecule has 4 unspecified atom stereocenters. The van der Waals surface area contributed by atoms with Crippen molar-refractivity contribution in [3.05, 3.63) is 95.3 Å². The van der Waals surface area contributed by atoms with Gasteiger partial charge in [-0.05, 0) is 35.1 Å². The summed E-state index contributed by atoms with van der Waals surface area (Å²) in [6.45, 7) is 7.31. The van der Waals surface area contributed by atoms with Gasteiger partial charge < -0.3 is 39.5 Å². The Morgan fingerprint density at radius 2 is 1.84 bits per heavy atom. The molecule has 0 saturated carbocycles. The zero-order chi connectivity index (χ0) is 39.7. The van der Waals surface area contributed by atoms with E-state index in [-0.39, 0.29) is 35.7 Å². The van der Waals surface area contributed by atoms with Gasteiger partial charge in [0, 0.05) is 53.1 Å². The summed E-state index contributed by atoms with van der Waals surface area (Å²) in [5.74, 6) is -0.160. The van der Waals surface area contributed by atoms with Crippen molar-refractivity contribution in [1.29, 1.82) is 0 Å². The van der Waals surface area contributed by atoms with Gasteiger partial charge in [0.1, 0.15) is 29.4 Å². The van der Waals surface area contributed by atoms with Gasteiger partial charge in [0.25, 0.3) is 0 Å². The van der Waals surface area contributed by atoms with Gasteiger partial charge in [-0.3, -0.25) is 18.5 Å². The summed E-state index contributed by atoms with van der Waals surface area (Å²) in [5, 5.41) is 20.9. The van der Waals surface area contributed by atoms with Crippen LogP contribution in [0.1, 0.15) is 62.1 Å². The number of rotatable bonds is 6. The van der Waals surface area contributed by atoms with Crippen molar-refractivity contribution in [2.75, 3.05) is 12.4 Å². The van der Waals surface area contributed by atoms with Gasteiger partial charge in [0.05, 0.1) is 11.7 Å². The SMILES string of the molecule is COP(=O)(O)n1cc2c3c(cccc31)-c1cccc3c1NC1Oc4ccc5cc4C31c1oc(nc1-c1ncc-2o1)C(C(C)C)NC(=O)[C@@H](NC(=O)[C@@H](O)C(C)C)C5. The van der Waals surface area contributed by atoms with Crippen LogP contribution in [0.4, 0.5) is 5.69 Å². The number of carbonyl (C=O) groups excluding carboxylic acids is 2. The summed E-state index contributed by atoms with van der Waals surface area (Å²) in [5.41, 5.74) is 4.63. The molecule has 10 bridgehead atoms. The number of nitrogens with zero attached hydrogens (tertiary/aromatic N) is 3. The molecule has 2 amide bonds. The minimum absolute atomic E-state index is 0.113. The molecule has 4 aliphatic heterocycles. The lowest BCUT2D eigenvalue weighted by molar-refractivity contribution is -0.135. The van der Waals surface area contributed by atoms with Gasteiger partial charge >= 0.3 is 7.75 Å². The summed E-state index contributed by atoms with van der Waals surface area (Å²) in [6.07, 6.45) is 1.13. The number of anilines is 1. The first kappa shape index (κ1) is 35.7. The van der Waals surface area contributed by atoms with Crippen LogP contribution in [0.2, 0.25) is 0 Å². The number of amides is 2. The molecule has 6 atom stereocenters. The first-order valence-corrected chi connectivity index (χ1v) is 20.3. The Labute approximate surface area is 326 Å². The number of aliphatic hydroxyl groups is 1. The topological polar surface area (TPSA) is 203 Å². The largest absolute Gasteiger partial charge is 0.469 e. The van der Waals surface area contributed by atoms with Gasteiger partial charge in [-0.25, -0.2) is 14.5 Å². The van der Waals surface area contributed by atoms with Crippen LogP contribution >= 0.6 is 7.75 Å². The highest BCUT2D eigenvalue weighted by Crippen LogP contribution is 2.62. The second-order valence-corrected chi connectivity index (χ2v) is 17.5. The Morgan fingerprint density at radius 1 is 1.05 bits per heavy atom. The van der Waals surface area contributed by atoms with E-state index in [1.54, 1.807) is 26.1 Å². The van der Waals surface area contributed by atoms with Gasteiger partial charge in [-0.2, -0.15) is 0 Å². The number of hydrogen-bond acceptors (Lipinski definition) is 11. The molecule has 3 aromatic heterocycles. The van der Waals surface area contributed by atoms with Crippen molar-refractivity contribution in [1.82, 2.24) is 24.9 Å². The molecular weight excluding hydrogens is 751 g/mol. The zero-order valence-corrected chi connectivity index (χ0v) is 32.5. The predicted molar refractivity (Wildman–Crippen MR) is 207 cm³/mol. The molecule has 0 fully saturated rings. The minimum Gasteiger partial charge on any atom is -0.469 e. The Balaban J connectivity index is 1.28. The third-order valence-electron chi connectivity index (χ3n) is 11.7. The highest BCUT2D eigenvalue weighted by atomic mass is 31.2. The molecule has 0 aliphatic carbocycles. The van der Waals surface area contributed by atoms with E-state index in [4.69, 9.17) is 28.1 Å². The monoisotopic (exact) mass is 790 g/mol. The Bertz CT molecular complexity index is 2730. The third kappa shape index (κ3) is 4.99. The normalized spacial score (nSPS) is 22.8. The molecule has 6 aromatic rings. The summed E-state index contributed by atoms with van der Waals surface area (Å²) in [6, 6.07) is 15.3. The number of ether oxygens (including phenoxy) is 1. The van der Waals surface area contributed by atoms with Crippen molar-refractivity contribution in [2.45, 2.75) is 63.9 Å².